The standard InChI is InChI=1S/C18H13N3O5S/c1-2-8-20-17(23)14(16(22)19-18(20)27)10-13-6-7-15(26-13)11-4-3-5-12(9-11)21(24)25/h2-7,9-10H,1,8H2,(H,19,22,27)/b14-10-. The minimum atomic E-state index is -0.626. The van der Waals surface area contributed by atoms with Gasteiger partial charge in [-0.25, -0.2) is 0 Å². The van der Waals surface area contributed by atoms with Crippen LogP contribution < -0.4 is 5.32 Å². The molecule has 1 aromatic heterocycles. The van der Waals surface area contributed by atoms with Crippen LogP contribution in [0.4, 0.5) is 5.69 Å². The second-order valence-electron chi connectivity index (χ2n) is 5.53. The Morgan fingerprint density at radius 3 is 2.78 bits per heavy atom. The highest BCUT2D eigenvalue weighted by Crippen LogP contribution is 2.27. The number of rotatable bonds is 5. The van der Waals surface area contributed by atoms with Crippen molar-refractivity contribution < 1.29 is 18.9 Å². The second kappa shape index (κ2) is 7.34. The zero-order valence-electron chi connectivity index (χ0n) is 13.9. The highest BCUT2D eigenvalue weighted by molar-refractivity contribution is 7.80. The molecule has 8 nitrogen and oxygen atoms in total. The fourth-order valence-electron chi connectivity index (χ4n) is 2.49. The maximum Gasteiger partial charge on any atom is 0.270 e. The molecule has 2 amide bonds. The number of carbonyl (C=O) groups excluding carboxylic acids is 2. The van der Waals surface area contributed by atoms with Gasteiger partial charge in [-0.05, 0) is 30.4 Å². The zero-order valence-corrected chi connectivity index (χ0v) is 14.7. The lowest BCUT2D eigenvalue weighted by atomic mass is 10.1. The fraction of sp³-hybridized carbons (Fsp3) is 0.0556. The second-order valence-corrected chi connectivity index (χ2v) is 5.92. The fourth-order valence-corrected chi connectivity index (χ4v) is 2.74. The zero-order chi connectivity index (χ0) is 19.6. The minimum Gasteiger partial charge on any atom is -0.457 e. The number of carbonyl (C=O) groups is 2. The summed E-state index contributed by atoms with van der Waals surface area (Å²) in [6, 6.07) is 9.11. The first-order valence-corrected chi connectivity index (χ1v) is 8.16. The Balaban J connectivity index is 1.92. The Morgan fingerprint density at radius 1 is 1.30 bits per heavy atom. The van der Waals surface area contributed by atoms with Crippen LogP contribution in [-0.2, 0) is 9.59 Å². The number of nitro benzene ring substituents is 1. The minimum absolute atomic E-state index is 0.0128. The molecule has 1 N–H and O–H groups in total. The molecule has 0 saturated carbocycles. The van der Waals surface area contributed by atoms with Crippen LogP contribution in [0, 0.1) is 10.1 Å². The van der Waals surface area contributed by atoms with Crippen molar-refractivity contribution in [3.8, 4) is 11.3 Å². The number of thiocarbonyl (C=S) groups is 1. The molecule has 1 aliphatic heterocycles. The molecule has 1 fully saturated rings. The Labute approximate surface area is 158 Å². The van der Waals surface area contributed by atoms with E-state index >= 15 is 0 Å². The van der Waals surface area contributed by atoms with E-state index in [-0.39, 0.29) is 28.7 Å². The average molecular weight is 383 g/mol. The van der Waals surface area contributed by atoms with E-state index in [1.54, 1.807) is 24.3 Å². The van der Waals surface area contributed by atoms with Gasteiger partial charge in [-0.15, -0.1) is 6.58 Å². The quantitative estimate of drug-likeness (QED) is 0.212. The Bertz CT molecular complexity index is 1010. The molecule has 2 heterocycles. The van der Waals surface area contributed by atoms with Crippen molar-refractivity contribution in [2.45, 2.75) is 0 Å². The van der Waals surface area contributed by atoms with Crippen LogP contribution in [0.15, 0.2) is 59.0 Å². The number of furan rings is 1. The molecule has 0 spiro atoms. The summed E-state index contributed by atoms with van der Waals surface area (Å²) in [5.41, 5.74) is 0.298. The molecule has 1 aromatic carbocycles. The van der Waals surface area contributed by atoms with Gasteiger partial charge in [0.05, 0.1) is 4.92 Å². The van der Waals surface area contributed by atoms with Gasteiger partial charge in [-0.3, -0.25) is 29.9 Å². The third kappa shape index (κ3) is 3.67. The summed E-state index contributed by atoms with van der Waals surface area (Å²) in [5, 5.41) is 13.3. The highest BCUT2D eigenvalue weighted by atomic mass is 32.1. The molecule has 3 rings (SSSR count). The van der Waals surface area contributed by atoms with E-state index in [9.17, 15) is 19.7 Å². The molecule has 0 bridgehead atoms. The summed E-state index contributed by atoms with van der Waals surface area (Å²) < 4.78 is 5.62. The molecule has 1 aliphatic rings. The van der Waals surface area contributed by atoms with Crippen LogP contribution in [0.2, 0.25) is 0 Å². The van der Waals surface area contributed by atoms with Gasteiger partial charge in [0.15, 0.2) is 5.11 Å². The van der Waals surface area contributed by atoms with E-state index < -0.39 is 16.7 Å². The molecule has 0 atom stereocenters. The van der Waals surface area contributed by atoms with Gasteiger partial charge in [0, 0.05) is 24.2 Å². The van der Waals surface area contributed by atoms with Gasteiger partial charge < -0.3 is 4.42 Å². The van der Waals surface area contributed by atoms with E-state index in [1.165, 1.54) is 29.2 Å². The van der Waals surface area contributed by atoms with E-state index in [2.05, 4.69) is 11.9 Å². The molecule has 0 radical (unpaired) electrons. The molecule has 136 valence electrons. The molecule has 27 heavy (non-hydrogen) atoms. The van der Waals surface area contributed by atoms with Crippen LogP contribution >= 0.6 is 12.2 Å². The molecule has 9 heteroatoms. The summed E-state index contributed by atoms with van der Waals surface area (Å²) in [4.78, 5) is 36.2. The largest absolute Gasteiger partial charge is 0.457 e. The van der Waals surface area contributed by atoms with E-state index in [0.717, 1.165) is 0 Å². The first-order valence-electron chi connectivity index (χ1n) is 7.75. The predicted molar refractivity (Wildman–Crippen MR) is 101 cm³/mol. The third-order valence-electron chi connectivity index (χ3n) is 3.75. The normalized spacial score (nSPS) is 15.8. The number of nitro groups is 1. The van der Waals surface area contributed by atoms with Gasteiger partial charge in [-0.1, -0.05) is 18.2 Å². The van der Waals surface area contributed by atoms with Crippen molar-refractivity contribution in [2.24, 2.45) is 0 Å². The van der Waals surface area contributed by atoms with Gasteiger partial charge >= 0.3 is 0 Å². The summed E-state index contributed by atoms with van der Waals surface area (Å²) in [6.45, 7) is 3.72. The number of hydrogen-bond acceptors (Lipinski definition) is 6. The summed E-state index contributed by atoms with van der Waals surface area (Å²) in [5.74, 6) is -0.565. The number of hydrogen-bond donors (Lipinski definition) is 1. The lowest BCUT2D eigenvalue weighted by molar-refractivity contribution is -0.384. The maximum atomic E-state index is 12.5. The predicted octanol–water partition coefficient (Wildman–Crippen LogP) is 2.67. The third-order valence-corrected chi connectivity index (χ3v) is 4.07. The van der Waals surface area contributed by atoms with Crippen molar-refractivity contribution in [1.29, 1.82) is 0 Å². The lowest BCUT2D eigenvalue weighted by Crippen LogP contribution is -2.53. The van der Waals surface area contributed by atoms with Gasteiger partial charge in [0.1, 0.15) is 17.1 Å². The Kier molecular flexibility index (Phi) is 4.95. The Morgan fingerprint density at radius 2 is 2.07 bits per heavy atom. The van der Waals surface area contributed by atoms with Gasteiger partial charge in [0.2, 0.25) is 0 Å². The maximum absolute atomic E-state index is 12.5. The average Bonchev–Trinajstić information content (AvgIpc) is 3.11. The van der Waals surface area contributed by atoms with Crippen molar-refractivity contribution in [3.05, 3.63) is 70.5 Å². The molecular formula is C18H13N3O5S. The van der Waals surface area contributed by atoms with Crippen LogP contribution in [-0.4, -0.2) is 33.3 Å². The topological polar surface area (TPSA) is 106 Å². The van der Waals surface area contributed by atoms with Crippen molar-refractivity contribution in [1.82, 2.24) is 10.2 Å². The first kappa shape index (κ1) is 18.2. The monoisotopic (exact) mass is 383 g/mol. The SMILES string of the molecule is C=CCN1C(=O)/C(=C\c2ccc(-c3cccc([N+](=O)[O-])c3)o2)C(=O)NC1=S. The van der Waals surface area contributed by atoms with Crippen LogP contribution in [0.3, 0.4) is 0 Å². The van der Waals surface area contributed by atoms with Crippen molar-refractivity contribution in [2.75, 3.05) is 6.54 Å². The smallest absolute Gasteiger partial charge is 0.270 e. The van der Waals surface area contributed by atoms with Crippen molar-refractivity contribution >= 4 is 40.9 Å². The highest BCUT2D eigenvalue weighted by Gasteiger charge is 2.32. The Hall–Kier alpha value is -3.59. The summed E-state index contributed by atoms with van der Waals surface area (Å²) >= 11 is 4.99. The number of benzene rings is 1. The first-order chi connectivity index (χ1) is 12.9. The van der Waals surface area contributed by atoms with Crippen LogP contribution in [0.25, 0.3) is 17.4 Å². The molecule has 2 aromatic rings. The number of amides is 2. The summed E-state index contributed by atoms with van der Waals surface area (Å²) in [6.07, 6.45) is 2.79. The molecule has 0 unspecified atom stereocenters. The van der Waals surface area contributed by atoms with Gasteiger partial charge in [-0.2, -0.15) is 0 Å². The van der Waals surface area contributed by atoms with Gasteiger partial charge in [0.25, 0.3) is 17.5 Å². The number of nitrogens with one attached hydrogen (secondary N) is 1. The lowest BCUT2D eigenvalue weighted by Gasteiger charge is -2.27. The molecule has 1 saturated heterocycles. The van der Waals surface area contributed by atoms with E-state index in [4.69, 9.17) is 16.6 Å². The van der Waals surface area contributed by atoms with Crippen LogP contribution in [0.1, 0.15) is 5.76 Å². The van der Waals surface area contributed by atoms with E-state index in [0.29, 0.717) is 11.3 Å². The van der Waals surface area contributed by atoms with E-state index in [1.807, 2.05) is 0 Å². The number of non-ortho nitro benzene ring substituents is 1. The summed E-state index contributed by atoms with van der Waals surface area (Å²) in [7, 11) is 0. The molecular weight excluding hydrogens is 370 g/mol. The molecule has 0 aliphatic carbocycles. The number of nitrogens with zero attached hydrogens (tertiary/aromatic N) is 2. The van der Waals surface area contributed by atoms with Crippen LogP contribution in [0.5, 0.6) is 0 Å². The van der Waals surface area contributed by atoms with Crippen molar-refractivity contribution in [3.63, 3.8) is 0 Å².